The topological polar surface area (TPSA) is 125 Å². The number of halogens is 2. The van der Waals surface area contributed by atoms with Gasteiger partial charge in [0.2, 0.25) is 5.95 Å². The molecular formula is C26H30F2N8O2S. The van der Waals surface area contributed by atoms with Crippen LogP contribution in [0.1, 0.15) is 23.2 Å². The third-order valence-electron chi connectivity index (χ3n) is 5.72. The minimum Gasteiger partial charge on any atom is -0.371 e. The Morgan fingerprint density at radius 1 is 1.13 bits per heavy atom. The Bertz CT molecular complexity index is 1460. The standard InChI is InChI=1S/C26H30F2N8O2S/c1-4-14-29-24(37)20-17-30-25(34-23(20)33-21-6-5-7-22(32-21)35-39(2,3)38)31-18-8-10-19(11-9-18)36-15-12-26(27,28)13-16-36/h4-11,17H,1,12-16H2,2-3H3,(H,29,37)(H2,30,31,32,33,34). The van der Waals surface area contributed by atoms with Gasteiger partial charge in [-0.05, 0) is 36.4 Å². The van der Waals surface area contributed by atoms with E-state index in [9.17, 15) is 17.8 Å². The van der Waals surface area contributed by atoms with Gasteiger partial charge in [-0.25, -0.2) is 23.0 Å². The first-order valence-corrected chi connectivity index (χ1v) is 14.5. The minimum atomic E-state index is -2.60. The first-order chi connectivity index (χ1) is 18.5. The number of nitrogens with zero attached hydrogens (tertiary/aromatic N) is 5. The SMILES string of the molecule is C=CCNC(=O)c1cnc(Nc2ccc(N3CCC(F)(F)CC3)cc2)nc1Nc1cccc(N=S(C)(C)=O)n1. The van der Waals surface area contributed by atoms with E-state index in [1.165, 1.54) is 18.7 Å². The number of amides is 1. The number of rotatable bonds is 9. The highest BCUT2D eigenvalue weighted by Gasteiger charge is 2.34. The third kappa shape index (κ3) is 7.93. The van der Waals surface area contributed by atoms with Gasteiger partial charge in [-0.3, -0.25) is 4.79 Å². The molecule has 4 rings (SSSR count). The van der Waals surface area contributed by atoms with Gasteiger partial charge in [-0.15, -0.1) is 6.58 Å². The van der Waals surface area contributed by atoms with Crippen molar-refractivity contribution in [2.24, 2.45) is 4.36 Å². The molecule has 1 aromatic carbocycles. The summed E-state index contributed by atoms with van der Waals surface area (Å²) < 4.78 is 43.2. The van der Waals surface area contributed by atoms with Crippen molar-refractivity contribution in [3.05, 3.63) is 66.9 Å². The van der Waals surface area contributed by atoms with Crippen LogP contribution in [0.5, 0.6) is 0 Å². The van der Waals surface area contributed by atoms with E-state index >= 15 is 0 Å². The van der Waals surface area contributed by atoms with Crippen LogP contribution in [0, 0.1) is 0 Å². The van der Waals surface area contributed by atoms with Gasteiger partial charge in [-0.1, -0.05) is 12.1 Å². The maximum absolute atomic E-state index is 13.5. The van der Waals surface area contributed by atoms with Crippen LogP contribution < -0.4 is 20.9 Å². The van der Waals surface area contributed by atoms with Crippen LogP contribution in [0.25, 0.3) is 0 Å². The molecule has 0 radical (unpaired) electrons. The summed E-state index contributed by atoms with van der Waals surface area (Å²) in [6.45, 7) is 4.45. The Balaban J connectivity index is 1.56. The summed E-state index contributed by atoms with van der Waals surface area (Å²) >= 11 is 0. The zero-order chi connectivity index (χ0) is 28.0. The number of pyridine rings is 1. The molecule has 206 valence electrons. The molecule has 0 saturated carbocycles. The van der Waals surface area contributed by atoms with E-state index in [4.69, 9.17) is 0 Å². The van der Waals surface area contributed by atoms with Crippen LogP contribution in [0.15, 0.2) is 65.7 Å². The zero-order valence-corrected chi connectivity index (χ0v) is 22.5. The van der Waals surface area contributed by atoms with E-state index in [0.29, 0.717) is 24.6 Å². The third-order valence-corrected chi connectivity index (χ3v) is 6.34. The maximum Gasteiger partial charge on any atom is 0.256 e. The Kier molecular flexibility index (Phi) is 8.38. The number of benzene rings is 1. The summed E-state index contributed by atoms with van der Waals surface area (Å²) in [6.07, 6.45) is 5.64. The van der Waals surface area contributed by atoms with E-state index in [1.54, 1.807) is 24.3 Å². The molecule has 0 aliphatic carbocycles. The average molecular weight is 557 g/mol. The predicted molar refractivity (Wildman–Crippen MR) is 150 cm³/mol. The van der Waals surface area contributed by atoms with E-state index in [-0.39, 0.29) is 42.5 Å². The van der Waals surface area contributed by atoms with Gasteiger partial charge in [-0.2, -0.15) is 9.35 Å². The molecule has 1 aliphatic rings. The van der Waals surface area contributed by atoms with Crippen molar-refractivity contribution in [1.29, 1.82) is 0 Å². The van der Waals surface area contributed by atoms with E-state index in [2.05, 4.69) is 41.8 Å². The van der Waals surface area contributed by atoms with Crippen LogP contribution in [-0.4, -0.2) is 63.1 Å². The van der Waals surface area contributed by atoms with E-state index in [0.717, 1.165) is 5.69 Å². The molecule has 10 nitrogen and oxygen atoms in total. The van der Waals surface area contributed by atoms with Crippen LogP contribution in [0.3, 0.4) is 0 Å². The van der Waals surface area contributed by atoms with Gasteiger partial charge in [0, 0.05) is 72.3 Å². The second-order valence-corrected chi connectivity index (χ2v) is 11.8. The lowest BCUT2D eigenvalue weighted by molar-refractivity contribution is -0.0220. The van der Waals surface area contributed by atoms with Crippen molar-refractivity contribution in [2.75, 3.05) is 47.7 Å². The highest BCUT2D eigenvalue weighted by Crippen LogP contribution is 2.31. The minimum absolute atomic E-state index is 0.162. The summed E-state index contributed by atoms with van der Waals surface area (Å²) in [4.78, 5) is 27.8. The van der Waals surface area contributed by atoms with Gasteiger partial charge in [0.15, 0.2) is 5.82 Å². The average Bonchev–Trinajstić information content (AvgIpc) is 2.87. The fourth-order valence-electron chi connectivity index (χ4n) is 3.83. The molecule has 1 saturated heterocycles. The van der Waals surface area contributed by atoms with Crippen LogP contribution in [0.4, 0.5) is 43.6 Å². The van der Waals surface area contributed by atoms with E-state index < -0.39 is 21.6 Å². The summed E-state index contributed by atoms with van der Waals surface area (Å²) in [5, 5.41) is 8.83. The summed E-state index contributed by atoms with van der Waals surface area (Å²) in [6, 6.07) is 12.3. The molecule has 3 heterocycles. The molecule has 1 fully saturated rings. The Morgan fingerprint density at radius 2 is 1.85 bits per heavy atom. The largest absolute Gasteiger partial charge is 0.371 e. The van der Waals surface area contributed by atoms with Crippen molar-refractivity contribution >= 4 is 50.4 Å². The second kappa shape index (κ2) is 11.7. The smallest absolute Gasteiger partial charge is 0.256 e. The van der Waals surface area contributed by atoms with Gasteiger partial charge < -0.3 is 20.9 Å². The van der Waals surface area contributed by atoms with Gasteiger partial charge in [0.1, 0.15) is 17.2 Å². The van der Waals surface area contributed by atoms with Crippen molar-refractivity contribution in [3.63, 3.8) is 0 Å². The van der Waals surface area contributed by atoms with Gasteiger partial charge in [0.25, 0.3) is 11.8 Å². The number of hydrogen-bond acceptors (Lipinski definition) is 9. The molecule has 0 unspecified atom stereocenters. The lowest BCUT2D eigenvalue weighted by atomic mass is 10.1. The summed E-state index contributed by atoms with van der Waals surface area (Å²) in [5.74, 6) is -1.98. The van der Waals surface area contributed by atoms with Crippen molar-refractivity contribution in [3.8, 4) is 0 Å². The summed E-state index contributed by atoms with van der Waals surface area (Å²) in [7, 11) is -2.42. The Morgan fingerprint density at radius 3 is 2.51 bits per heavy atom. The molecule has 0 atom stereocenters. The fraction of sp³-hybridized carbons (Fsp3) is 0.308. The highest BCUT2D eigenvalue weighted by atomic mass is 32.2. The number of carbonyl (C=O) groups is 1. The van der Waals surface area contributed by atoms with E-state index in [1.807, 2.05) is 29.2 Å². The number of anilines is 5. The molecule has 1 amide bonds. The normalized spacial score (nSPS) is 14.8. The Labute approximate surface area is 226 Å². The lowest BCUT2D eigenvalue weighted by Crippen LogP contribution is -2.39. The molecule has 3 N–H and O–H groups in total. The monoisotopic (exact) mass is 556 g/mol. The number of piperidine rings is 1. The first-order valence-electron chi connectivity index (χ1n) is 12.2. The van der Waals surface area contributed by atoms with Crippen LogP contribution in [-0.2, 0) is 9.73 Å². The number of nitrogens with one attached hydrogen (secondary N) is 3. The first kappa shape index (κ1) is 27.9. The fourth-order valence-corrected chi connectivity index (χ4v) is 4.38. The molecule has 0 spiro atoms. The zero-order valence-electron chi connectivity index (χ0n) is 21.7. The molecule has 0 bridgehead atoms. The maximum atomic E-state index is 13.5. The lowest BCUT2D eigenvalue weighted by Gasteiger charge is -2.33. The molecular weight excluding hydrogens is 526 g/mol. The Hall–Kier alpha value is -4.13. The van der Waals surface area contributed by atoms with Gasteiger partial charge in [0.05, 0.1) is 0 Å². The molecule has 1 aliphatic heterocycles. The molecule has 13 heteroatoms. The summed E-state index contributed by atoms with van der Waals surface area (Å²) in [5.41, 5.74) is 1.71. The molecule has 39 heavy (non-hydrogen) atoms. The van der Waals surface area contributed by atoms with Crippen molar-refractivity contribution in [1.82, 2.24) is 20.3 Å². The van der Waals surface area contributed by atoms with Crippen LogP contribution in [0.2, 0.25) is 0 Å². The second-order valence-electron chi connectivity index (χ2n) is 9.25. The van der Waals surface area contributed by atoms with Crippen molar-refractivity contribution in [2.45, 2.75) is 18.8 Å². The molecule has 2 aromatic heterocycles. The molecule has 3 aromatic rings. The quantitative estimate of drug-likeness (QED) is 0.319. The number of carbonyl (C=O) groups excluding carboxylic acids is 1. The van der Waals surface area contributed by atoms with Crippen molar-refractivity contribution < 1.29 is 17.8 Å². The van der Waals surface area contributed by atoms with Gasteiger partial charge >= 0.3 is 0 Å². The number of alkyl halides is 2. The number of aromatic nitrogens is 3. The highest BCUT2D eigenvalue weighted by molar-refractivity contribution is 7.92. The predicted octanol–water partition coefficient (Wildman–Crippen LogP) is 4.87. The van der Waals surface area contributed by atoms with Crippen LogP contribution >= 0.6 is 0 Å². The number of hydrogen-bond donors (Lipinski definition) is 3.